The smallest absolute Gasteiger partial charge is 0.332 e. The van der Waals surface area contributed by atoms with E-state index >= 15 is 0 Å². The maximum atomic E-state index is 9.45. The van der Waals surface area contributed by atoms with Crippen LogP contribution in [0.3, 0.4) is 0 Å². The zero-order valence-electron chi connectivity index (χ0n) is 14.1. The second kappa shape index (κ2) is 7.67. The van der Waals surface area contributed by atoms with E-state index in [2.05, 4.69) is 11.1 Å². The Labute approximate surface area is 144 Å². The molecule has 0 fully saturated rings. The highest BCUT2D eigenvalue weighted by Crippen LogP contribution is 2.27. The normalized spacial score (nSPS) is 11.6. The highest BCUT2D eigenvalue weighted by atomic mass is 16.5. The van der Waals surface area contributed by atoms with Gasteiger partial charge in [0.1, 0.15) is 11.9 Å². The van der Waals surface area contributed by atoms with Crippen molar-refractivity contribution in [2.24, 2.45) is 0 Å². The summed E-state index contributed by atoms with van der Waals surface area (Å²) >= 11 is 0. The minimum atomic E-state index is -1.23. The van der Waals surface area contributed by atoms with Crippen LogP contribution in [0.15, 0.2) is 36.4 Å². The molecule has 7 heteroatoms. The van der Waals surface area contributed by atoms with Gasteiger partial charge in [-0.25, -0.2) is 9.78 Å². The Morgan fingerprint density at radius 3 is 2.32 bits per heavy atom. The SMILES string of the molecule is CC(O)C(=O)O.CCOc1ccc2nc3cc(N)c(N)cc3cc2c1. The topological polar surface area (TPSA) is 132 Å². The average Bonchev–Trinajstić information content (AvgIpc) is 2.55. The number of hydrogen-bond acceptors (Lipinski definition) is 6. The molecule has 2 aromatic carbocycles. The number of carbonyl (C=O) groups is 1. The third-order valence-electron chi connectivity index (χ3n) is 3.45. The van der Waals surface area contributed by atoms with Gasteiger partial charge in [0.05, 0.1) is 29.0 Å². The highest BCUT2D eigenvalue weighted by Gasteiger charge is 2.04. The number of aliphatic hydroxyl groups excluding tert-OH is 1. The van der Waals surface area contributed by atoms with Gasteiger partial charge in [0, 0.05) is 10.8 Å². The van der Waals surface area contributed by atoms with E-state index in [0.29, 0.717) is 18.0 Å². The summed E-state index contributed by atoms with van der Waals surface area (Å²) in [6.07, 6.45) is -1.23. The molecule has 1 aromatic heterocycles. The van der Waals surface area contributed by atoms with Gasteiger partial charge in [-0.15, -0.1) is 0 Å². The van der Waals surface area contributed by atoms with Crippen molar-refractivity contribution in [1.29, 1.82) is 0 Å². The number of ether oxygens (including phenoxy) is 1. The number of anilines is 2. The summed E-state index contributed by atoms with van der Waals surface area (Å²) in [6, 6.07) is 11.6. The molecule has 0 saturated carbocycles. The molecule has 1 unspecified atom stereocenters. The lowest BCUT2D eigenvalue weighted by molar-refractivity contribution is -0.145. The molecular formula is C18H21N3O4. The van der Waals surface area contributed by atoms with E-state index in [0.717, 1.165) is 27.6 Å². The first-order chi connectivity index (χ1) is 11.8. The van der Waals surface area contributed by atoms with Gasteiger partial charge in [0.15, 0.2) is 0 Å². The van der Waals surface area contributed by atoms with E-state index in [1.165, 1.54) is 6.92 Å². The lowest BCUT2D eigenvalue weighted by Crippen LogP contribution is -2.13. The number of aliphatic carboxylic acids is 1. The summed E-state index contributed by atoms with van der Waals surface area (Å²) in [4.78, 5) is 14.0. The number of nitrogens with two attached hydrogens (primary N) is 2. The minimum Gasteiger partial charge on any atom is -0.494 e. The van der Waals surface area contributed by atoms with E-state index in [4.69, 9.17) is 26.4 Å². The Bertz CT molecular complexity index is 910. The van der Waals surface area contributed by atoms with Crippen molar-refractivity contribution in [3.63, 3.8) is 0 Å². The number of hydrogen-bond donors (Lipinski definition) is 4. The number of fused-ring (bicyclic) bond motifs is 2. The van der Waals surface area contributed by atoms with Crippen LogP contribution >= 0.6 is 0 Å². The number of carboxylic acids is 1. The van der Waals surface area contributed by atoms with E-state index < -0.39 is 12.1 Å². The summed E-state index contributed by atoms with van der Waals surface area (Å²) in [5, 5.41) is 17.8. The number of pyridine rings is 1. The Morgan fingerprint density at radius 2 is 1.72 bits per heavy atom. The lowest BCUT2D eigenvalue weighted by atomic mass is 10.1. The largest absolute Gasteiger partial charge is 0.494 e. The van der Waals surface area contributed by atoms with Gasteiger partial charge >= 0.3 is 5.97 Å². The van der Waals surface area contributed by atoms with Gasteiger partial charge in [0.25, 0.3) is 0 Å². The maximum Gasteiger partial charge on any atom is 0.332 e. The van der Waals surface area contributed by atoms with E-state index in [9.17, 15) is 4.79 Å². The van der Waals surface area contributed by atoms with Crippen LogP contribution < -0.4 is 16.2 Å². The molecule has 3 aromatic rings. The van der Waals surface area contributed by atoms with Gasteiger partial charge in [-0.2, -0.15) is 0 Å². The lowest BCUT2D eigenvalue weighted by Gasteiger charge is -2.07. The molecule has 1 atom stereocenters. The molecule has 0 bridgehead atoms. The zero-order valence-corrected chi connectivity index (χ0v) is 14.1. The summed E-state index contributed by atoms with van der Waals surface area (Å²) in [5.74, 6) is -0.338. The summed E-state index contributed by atoms with van der Waals surface area (Å²) in [5.41, 5.74) is 14.5. The standard InChI is InChI=1S/C15H15N3O.C3H6O3/c1-2-19-11-3-4-14-9(6-11)5-10-7-12(16)13(17)8-15(10)18-14;1-2(4)3(5)6/h3-8H,2,16-17H2,1H3;2,4H,1H3,(H,5,6). The second-order valence-corrected chi connectivity index (χ2v) is 5.46. The van der Waals surface area contributed by atoms with Crippen LogP contribution in [0.2, 0.25) is 0 Å². The van der Waals surface area contributed by atoms with Crippen LogP contribution in [-0.2, 0) is 4.79 Å². The molecule has 0 aliphatic rings. The Hall–Kier alpha value is -3.06. The first-order valence-electron chi connectivity index (χ1n) is 7.75. The zero-order chi connectivity index (χ0) is 18.6. The Kier molecular flexibility index (Phi) is 5.61. The highest BCUT2D eigenvalue weighted by molar-refractivity contribution is 5.96. The third-order valence-corrected chi connectivity index (χ3v) is 3.45. The van der Waals surface area contributed by atoms with Crippen molar-refractivity contribution in [1.82, 2.24) is 4.98 Å². The van der Waals surface area contributed by atoms with Crippen LogP contribution in [0, 0.1) is 0 Å². The molecule has 1 heterocycles. The molecule has 132 valence electrons. The molecule has 0 radical (unpaired) electrons. The predicted molar refractivity (Wildman–Crippen MR) is 98.6 cm³/mol. The number of nitrogens with zero attached hydrogens (tertiary/aromatic N) is 1. The number of rotatable bonds is 3. The quantitative estimate of drug-likeness (QED) is 0.424. The van der Waals surface area contributed by atoms with Crippen molar-refractivity contribution in [2.75, 3.05) is 18.1 Å². The van der Waals surface area contributed by atoms with Gasteiger partial charge in [0.2, 0.25) is 0 Å². The number of nitrogen functional groups attached to an aromatic ring is 2. The molecule has 7 nitrogen and oxygen atoms in total. The average molecular weight is 343 g/mol. The van der Waals surface area contributed by atoms with Crippen molar-refractivity contribution in [3.05, 3.63) is 36.4 Å². The van der Waals surface area contributed by atoms with Crippen LogP contribution in [0.5, 0.6) is 5.75 Å². The summed E-state index contributed by atoms with van der Waals surface area (Å²) in [6.45, 7) is 3.81. The van der Waals surface area contributed by atoms with E-state index in [-0.39, 0.29) is 0 Å². The van der Waals surface area contributed by atoms with Crippen LogP contribution in [0.1, 0.15) is 13.8 Å². The number of benzene rings is 2. The molecule has 0 saturated heterocycles. The van der Waals surface area contributed by atoms with Gasteiger partial charge in [-0.05, 0) is 50.2 Å². The molecule has 0 aliphatic heterocycles. The molecule has 0 spiro atoms. The van der Waals surface area contributed by atoms with Crippen LogP contribution in [-0.4, -0.2) is 33.9 Å². The van der Waals surface area contributed by atoms with Crippen LogP contribution in [0.25, 0.3) is 21.8 Å². The number of aromatic nitrogens is 1. The Balaban J connectivity index is 0.000000326. The molecule has 0 amide bonds. The van der Waals surface area contributed by atoms with Gasteiger partial charge in [-0.3, -0.25) is 0 Å². The number of aliphatic hydroxyl groups is 1. The fourth-order valence-corrected chi connectivity index (χ4v) is 2.15. The van der Waals surface area contributed by atoms with E-state index in [1.807, 2.05) is 31.2 Å². The molecule has 6 N–H and O–H groups in total. The summed E-state index contributed by atoms with van der Waals surface area (Å²) in [7, 11) is 0. The molecular weight excluding hydrogens is 322 g/mol. The van der Waals surface area contributed by atoms with Crippen molar-refractivity contribution >= 4 is 39.1 Å². The predicted octanol–water partition coefficient (Wildman–Crippen LogP) is 2.40. The van der Waals surface area contributed by atoms with Gasteiger partial charge < -0.3 is 26.4 Å². The van der Waals surface area contributed by atoms with Crippen molar-refractivity contribution in [2.45, 2.75) is 20.0 Å². The third kappa shape index (κ3) is 4.48. The molecule has 3 rings (SSSR count). The maximum absolute atomic E-state index is 9.45. The second-order valence-electron chi connectivity index (χ2n) is 5.46. The van der Waals surface area contributed by atoms with Crippen molar-refractivity contribution < 1.29 is 19.7 Å². The fraction of sp³-hybridized carbons (Fsp3) is 0.222. The monoisotopic (exact) mass is 343 g/mol. The summed E-state index contributed by atoms with van der Waals surface area (Å²) < 4.78 is 5.50. The first kappa shape index (κ1) is 18.3. The van der Waals surface area contributed by atoms with Crippen LogP contribution in [0.4, 0.5) is 11.4 Å². The van der Waals surface area contributed by atoms with E-state index in [1.54, 1.807) is 6.07 Å². The van der Waals surface area contributed by atoms with Crippen molar-refractivity contribution in [3.8, 4) is 5.75 Å². The number of carboxylic acid groups (broad SMARTS) is 1. The molecule has 25 heavy (non-hydrogen) atoms. The minimum absolute atomic E-state index is 0.560. The fourth-order valence-electron chi connectivity index (χ4n) is 2.15. The van der Waals surface area contributed by atoms with Gasteiger partial charge in [-0.1, -0.05) is 0 Å². The molecule has 0 aliphatic carbocycles. The first-order valence-corrected chi connectivity index (χ1v) is 7.75. The Morgan fingerprint density at radius 1 is 1.12 bits per heavy atom.